The Balaban J connectivity index is 1.83. The van der Waals surface area contributed by atoms with E-state index in [1.165, 1.54) is 23.7 Å². The van der Waals surface area contributed by atoms with E-state index in [1.807, 2.05) is 12.1 Å². The molecule has 138 valence electrons. The Labute approximate surface area is 155 Å². The van der Waals surface area contributed by atoms with Gasteiger partial charge in [-0.2, -0.15) is 9.78 Å². The van der Waals surface area contributed by atoms with Crippen LogP contribution in [0, 0.1) is 5.82 Å². The Morgan fingerprint density at radius 2 is 1.93 bits per heavy atom. The summed E-state index contributed by atoms with van der Waals surface area (Å²) in [7, 11) is 3.16. The summed E-state index contributed by atoms with van der Waals surface area (Å²) in [6.45, 7) is 1.44. The second kappa shape index (κ2) is 6.42. The summed E-state index contributed by atoms with van der Waals surface area (Å²) in [5.74, 6) is 1.19. The van der Waals surface area contributed by atoms with Gasteiger partial charge in [-0.05, 0) is 35.9 Å². The number of nitrogens with one attached hydrogen (secondary N) is 1. The first kappa shape index (κ1) is 17.1. The fourth-order valence-corrected chi connectivity index (χ4v) is 3.37. The molecule has 1 N–H and O–H groups in total. The highest BCUT2D eigenvalue weighted by atomic mass is 19.1. The predicted molar refractivity (Wildman–Crippen MR) is 99.6 cm³/mol. The molecule has 3 aromatic rings. The highest BCUT2D eigenvalue weighted by Gasteiger charge is 2.30. The molecule has 0 fully saturated rings. The first-order valence-electron chi connectivity index (χ1n) is 8.42. The number of anilines is 2. The van der Waals surface area contributed by atoms with Crippen molar-refractivity contribution in [2.24, 2.45) is 0 Å². The van der Waals surface area contributed by atoms with Crippen molar-refractivity contribution in [1.29, 1.82) is 0 Å². The lowest BCUT2D eigenvalue weighted by molar-refractivity contribution is 0.0924. The van der Waals surface area contributed by atoms with Crippen LogP contribution >= 0.6 is 0 Å². The van der Waals surface area contributed by atoms with Crippen LogP contribution in [0.25, 0.3) is 11.3 Å². The molecule has 7 heteroatoms. The van der Waals surface area contributed by atoms with E-state index >= 15 is 0 Å². The number of hydrogen-bond acceptors (Lipinski definition) is 5. The monoisotopic (exact) mass is 367 g/mol. The second-order valence-corrected chi connectivity index (χ2v) is 6.28. The number of carbonyl (C=O) groups is 1. The van der Waals surface area contributed by atoms with Crippen LogP contribution < -0.4 is 14.8 Å². The third kappa shape index (κ3) is 2.81. The maximum Gasteiger partial charge on any atom is 0.245 e. The van der Waals surface area contributed by atoms with E-state index in [0.29, 0.717) is 35.1 Å². The Bertz CT molecular complexity index is 1060. The molecule has 1 aliphatic carbocycles. The normalized spacial score (nSPS) is 11.7. The van der Waals surface area contributed by atoms with Crippen LogP contribution in [0.5, 0.6) is 11.5 Å². The predicted octanol–water partition coefficient (Wildman–Crippen LogP) is 4.01. The molecule has 0 saturated heterocycles. The molecule has 0 radical (unpaired) electrons. The number of fused-ring (bicyclic) bond motifs is 3. The molecule has 0 amide bonds. The van der Waals surface area contributed by atoms with Gasteiger partial charge in [-0.25, -0.2) is 4.39 Å². The first-order chi connectivity index (χ1) is 13.0. The summed E-state index contributed by atoms with van der Waals surface area (Å²) >= 11 is 0. The summed E-state index contributed by atoms with van der Waals surface area (Å²) in [6.07, 6.45) is 0.579. The van der Waals surface area contributed by atoms with E-state index in [0.717, 1.165) is 16.7 Å². The maximum atomic E-state index is 13.6. The Morgan fingerprint density at radius 3 is 2.59 bits per heavy atom. The average Bonchev–Trinajstić information content (AvgIpc) is 3.17. The molecule has 0 spiro atoms. The largest absolute Gasteiger partial charge is 0.493 e. The van der Waals surface area contributed by atoms with E-state index in [9.17, 15) is 9.18 Å². The van der Waals surface area contributed by atoms with Crippen LogP contribution in [-0.2, 0) is 6.42 Å². The minimum atomic E-state index is -0.358. The number of carbonyl (C=O) groups excluding carboxylic acids is 1. The molecule has 0 aliphatic heterocycles. The van der Waals surface area contributed by atoms with Crippen molar-refractivity contribution in [2.75, 3.05) is 19.5 Å². The van der Waals surface area contributed by atoms with Crippen molar-refractivity contribution in [1.82, 2.24) is 9.78 Å². The van der Waals surface area contributed by atoms with Gasteiger partial charge in [0.2, 0.25) is 5.91 Å². The van der Waals surface area contributed by atoms with Gasteiger partial charge in [0.25, 0.3) is 0 Å². The molecule has 6 nitrogen and oxygen atoms in total. The lowest BCUT2D eigenvalue weighted by Crippen LogP contribution is -2.12. The van der Waals surface area contributed by atoms with Crippen LogP contribution in [-0.4, -0.2) is 29.9 Å². The molecule has 4 rings (SSSR count). The van der Waals surface area contributed by atoms with Gasteiger partial charge in [0.15, 0.2) is 11.5 Å². The number of hydrogen-bond donors (Lipinski definition) is 1. The summed E-state index contributed by atoms with van der Waals surface area (Å²) in [4.78, 5) is 12.1. The Kier molecular flexibility index (Phi) is 4.07. The van der Waals surface area contributed by atoms with Crippen molar-refractivity contribution >= 4 is 17.4 Å². The first-order valence-corrected chi connectivity index (χ1v) is 8.42. The minimum Gasteiger partial charge on any atom is -0.493 e. The zero-order chi connectivity index (χ0) is 19.1. The fourth-order valence-electron chi connectivity index (χ4n) is 3.37. The number of rotatable bonds is 4. The zero-order valence-electron chi connectivity index (χ0n) is 15.2. The number of methoxy groups -OCH3 is 2. The fraction of sp³-hybridized carbons (Fsp3) is 0.200. The average molecular weight is 367 g/mol. The number of aromatic nitrogens is 2. The van der Waals surface area contributed by atoms with Crippen molar-refractivity contribution in [3.63, 3.8) is 0 Å². The van der Waals surface area contributed by atoms with Gasteiger partial charge >= 0.3 is 0 Å². The van der Waals surface area contributed by atoms with Gasteiger partial charge in [0, 0.05) is 30.2 Å². The molecule has 0 atom stereocenters. The van der Waals surface area contributed by atoms with Crippen LogP contribution in [0.1, 0.15) is 22.8 Å². The van der Waals surface area contributed by atoms with E-state index in [1.54, 1.807) is 26.4 Å². The number of halogens is 1. The SMILES string of the molecule is COc1cc2c(cc1OC)-c1nn(C(C)=O)c(Nc3cccc(F)c3)c1C2. The summed E-state index contributed by atoms with van der Waals surface area (Å²) in [6, 6.07) is 9.87. The van der Waals surface area contributed by atoms with Gasteiger partial charge < -0.3 is 14.8 Å². The molecular formula is C20H18FN3O3. The van der Waals surface area contributed by atoms with E-state index in [2.05, 4.69) is 10.4 Å². The van der Waals surface area contributed by atoms with Crippen molar-refractivity contribution in [3.05, 3.63) is 53.3 Å². The molecule has 1 heterocycles. The lowest BCUT2D eigenvalue weighted by atomic mass is 10.1. The van der Waals surface area contributed by atoms with Gasteiger partial charge in [0.05, 0.1) is 19.9 Å². The molecule has 0 unspecified atom stereocenters. The van der Waals surface area contributed by atoms with Gasteiger partial charge in [-0.3, -0.25) is 4.79 Å². The standard InChI is InChI=1S/C20H18FN3O3/c1-11(25)24-20(22-14-6-4-5-13(21)9-14)16-7-12-8-17(26-2)18(27-3)10-15(12)19(16)23-24/h4-6,8-10,22H,7H2,1-3H3. The number of nitrogens with zero attached hydrogens (tertiary/aromatic N) is 2. The number of ether oxygens (including phenoxy) is 2. The van der Waals surface area contributed by atoms with Crippen LogP contribution in [0.15, 0.2) is 36.4 Å². The molecule has 27 heavy (non-hydrogen) atoms. The minimum absolute atomic E-state index is 0.231. The maximum absolute atomic E-state index is 13.6. The molecule has 2 aromatic carbocycles. The number of benzene rings is 2. The topological polar surface area (TPSA) is 65.4 Å². The summed E-state index contributed by atoms with van der Waals surface area (Å²) in [5, 5.41) is 7.64. The molecule has 0 bridgehead atoms. The van der Waals surface area contributed by atoms with Crippen LogP contribution in [0.2, 0.25) is 0 Å². The third-order valence-electron chi connectivity index (χ3n) is 4.60. The summed E-state index contributed by atoms with van der Waals surface area (Å²) < 4.78 is 25.6. The lowest BCUT2D eigenvalue weighted by Gasteiger charge is -2.11. The van der Waals surface area contributed by atoms with E-state index in [-0.39, 0.29) is 11.7 Å². The second-order valence-electron chi connectivity index (χ2n) is 6.28. The molecular weight excluding hydrogens is 349 g/mol. The highest BCUT2D eigenvalue weighted by molar-refractivity contribution is 5.88. The molecule has 0 saturated carbocycles. The van der Waals surface area contributed by atoms with Gasteiger partial charge in [-0.15, -0.1) is 0 Å². The quantitative estimate of drug-likeness (QED) is 0.590. The Morgan fingerprint density at radius 1 is 1.19 bits per heavy atom. The summed E-state index contributed by atoms with van der Waals surface area (Å²) in [5.41, 5.74) is 4.05. The third-order valence-corrected chi connectivity index (χ3v) is 4.60. The van der Waals surface area contributed by atoms with Crippen molar-refractivity contribution in [2.45, 2.75) is 13.3 Å². The Hall–Kier alpha value is -3.35. The van der Waals surface area contributed by atoms with E-state index in [4.69, 9.17) is 9.47 Å². The molecule has 1 aromatic heterocycles. The highest BCUT2D eigenvalue weighted by Crippen LogP contribution is 2.45. The van der Waals surface area contributed by atoms with Crippen molar-refractivity contribution in [3.8, 4) is 22.8 Å². The van der Waals surface area contributed by atoms with Crippen LogP contribution in [0.3, 0.4) is 0 Å². The smallest absolute Gasteiger partial charge is 0.245 e. The van der Waals surface area contributed by atoms with Gasteiger partial charge in [0.1, 0.15) is 11.6 Å². The van der Waals surface area contributed by atoms with Crippen molar-refractivity contribution < 1.29 is 18.7 Å². The zero-order valence-corrected chi connectivity index (χ0v) is 15.2. The van der Waals surface area contributed by atoms with Gasteiger partial charge in [-0.1, -0.05) is 6.07 Å². The van der Waals surface area contributed by atoms with Crippen LogP contribution in [0.4, 0.5) is 15.9 Å². The van der Waals surface area contributed by atoms with E-state index < -0.39 is 0 Å². The molecule has 1 aliphatic rings.